The lowest BCUT2D eigenvalue weighted by Crippen LogP contribution is -2.46. The minimum atomic E-state index is -1.28. The Kier molecular flexibility index (Phi) is 9.68. The molecule has 0 spiro atoms. The fraction of sp³-hybridized carbons (Fsp3) is 0.593. The van der Waals surface area contributed by atoms with Gasteiger partial charge in [-0.2, -0.15) is 0 Å². The number of aliphatic hydroxyl groups is 2. The molecule has 0 radical (unpaired) electrons. The zero-order valence-electron chi connectivity index (χ0n) is 21.5. The van der Waals surface area contributed by atoms with Crippen LogP contribution in [0.1, 0.15) is 63.6 Å². The number of hydrogen-bond donors (Lipinski definition) is 2. The number of nitrogens with zero attached hydrogens (tertiary/aromatic N) is 1. The third-order valence-electron chi connectivity index (χ3n) is 6.94. The Balaban J connectivity index is 1.92. The molecule has 5 atom stereocenters. The van der Waals surface area contributed by atoms with E-state index >= 15 is 0 Å². The Labute approximate surface area is 221 Å². The van der Waals surface area contributed by atoms with Crippen LogP contribution in [0, 0.1) is 24.2 Å². The second-order valence-corrected chi connectivity index (χ2v) is 11.8. The van der Waals surface area contributed by atoms with Crippen LogP contribution in [0.15, 0.2) is 29.3 Å². The average molecular weight is 538 g/mol. The summed E-state index contributed by atoms with van der Waals surface area (Å²) in [5.74, 6) is -1.95. The van der Waals surface area contributed by atoms with Crippen LogP contribution in [0.4, 0.5) is 0 Å². The summed E-state index contributed by atoms with van der Waals surface area (Å²) in [6.45, 7) is 9.13. The van der Waals surface area contributed by atoms with Crippen LogP contribution in [-0.4, -0.2) is 52.4 Å². The number of aliphatic hydroxyl groups excluding tert-OH is 2. The van der Waals surface area contributed by atoms with Crippen LogP contribution in [0.3, 0.4) is 0 Å². The van der Waals surface area contributed by atoms with Crippen molar-refractivity contribution in [3.63, 3.8) is 0 Å². The maximum atomic E-state index is 13.4. The number of ether oxygens (including phenoxy) is 2. The molecule has 7 nitrogen and oxygen atoms in total. The van der Waals surface area contributed by atoms with E-state index in [2.05, 4.69) is 4.98 Å². The van der Waals surface area contributed by atoms with Crippen molar-refractivity contribution < 1.29 is 29.3 Å². The standard InChI is InChI=1S/C27H36ClNO6S/c1-6-19-25(32)15(2)13-34-14-18(28)8-9-21(17-7-10-22-20(11-17)29-16(3)36-22)35-24(31)12-23(30)27(4,5)26(19)33/h7-8,10-11,15,19,21,23,25,30,32H,6,9,12-14H2,1-5H3/b18-8+/t15-,19+,21-,23+,25-/m0/s1. The van der Waals surface area contributed by atoms with Gasteiger partial charge in [0.1, 0.15) is 11.9 Å². The van der Waals surface area contributed by atoms with E-state index in [0.717, 1.165) is 20.8 Å². The van der Waals surface area contributed by atoms with Gasteiger partial charge < -0.3 is 19.7 Å². The van der Waals surface area contributed by atoms with Crippen LogP contribution < -0.4 is 0 Å². The molecule has 0 saturated heterocycles. The zero-order chi connectivity index (χ0) is 26.6. The lowest BCUT2D eigenvalue weighted by molar-refractivity contribution is -0.156. The first kappa shape index (κ1) is 28.7. The molecule has 2 aromatic rings. The highest BCUT2D eigenvalue weighted by molar-refractivity contribution is 7.18. The van der Waals surface area contributed by atoms with E-state index in [-0.39, 0.29) is 31.3 Å². The number of aryl methyl sites for hydroxylation is 1. The van der Waals surface area contributed by atoms with E-state index in [0.29, 0.717) is 17.9 Å². The van der Waals surface area contributed by atoms with Gasteiger partial charge in [0.25, 0.3) is 0 Å². The minimum absolute atomic E-state index is 0.137. The van der Waals surface area contributed by atoms with Crippen molar-refractivity contribution in [1.82, 2.24) is 4.98 Å². The van der Waals surface area contributed by atoms with Crippen molar-refractivity contribution in [3.8, 4) is 0 Å². The second kappa shape index (κ2) is 12.1. The monoisotopic (exact) mass is 537 g/mol. The fourth-order valence-electron chi connectivity index (χ4n) is 4.49. The molecule has 0 fully saturated rings. The molecule has 36 heavy (non-hydrogen) atoms. The summed E-state index contributed by atoms with van der Waals surface area (Å²) in [6, 6.07) is 5.74. The number of carbonyl (C=O) groups is 2. The van der Waals surface area contributed by atoms with Crippen LogP contribution in [0.5, 0.6) is 0 Å². The summed E-state index contributed by atoms with van der Waals surface area (Å²) in [7, 11) is 0. The lowest BCUT2D eigenvalue weighted by atomic mass is 9.72. The number of benzene rings is 1. The van der Waals surface area contributed by atoms with E-state index in [9.17, 15) is 19.8 Å². The highest BCUT2D eigenvalue weighted by Crippen LogP contribution is 2.34. The summed E-state index contributed by atoms with van der Waals surface area (Å²) >= 11 is 7.97. The third-order valence-corrected chi connectivity index (χ3v) is 8.15. The van der Waals surface area contributed by atoms with Crippen molar-refractivity contribution in [2.24, 2.45) is 17.3 Å². The van der Waals surface area contributed by atoms with Crippen molar-refractivity contribution in [3.05, 3.63) is 39.9 Å². The number of carbonyl (C=O) groups excluding carboxylic acids is 2. The van der Waals surface area contributed by atoms with Crippen molar-refractivity contribution >= 4 is 44.9 Å². The largest absolute Gasteiger partial charge is 0.457 e. The van der Waals surface area contributed by atoms with Crippen molar-refractivity contribution in [2.45, 2.75) is 72.2 Å². The van der Waals surface area contributed by atoms with E-state index in [1.54, 1.807) is 31.3 Å². The van der Waals surface area contributed by atoms with Crippen LogP contribution in [-0.2, 0) is 19.1 Å². The van der Waals surface area contributed by atoms with Gasteiger partial charge >= 0.3 is 5.97 Å². The number of esters is 1. The number of cyclic esters (lactones) is 1. The SMILES string of the molecule is CC[C@H]1C(=O)C(C)(C)[C@H](O)CC(=O)O[C@H](c2ccc3sc(C)nc3c2)C/C=C(/Cl)COC[C@H](C)[C@@H]1O. The maximum absolute atomic E-state index is 13.4. The van der Waals surface area contributed by atoms with Crippen molar-refractivity contribution in [1.29, 1.82) is 0 Å². The number of halogens is 1. The Morgan fingerprint density at radius 1 is 1.25 bits per heavy atom. The number of fused-ring (bicyclic) bond motifs is 1. The van der Waals surface area contributed by atoms with Gasteiger partial charge in [0, 0.05) is 23.3 Å². The summed E-state index contributed by atoms with van der Waals surface area (Å²) in [6.07, 6.45) is -0.784. The van der Waals surface area contributed by atoms with Crippen LogP contribution >= 0.6 is 22.9 Å². The maximum Gasteiger partial charge on any atom is 0.309 e. The average Bonchev–Trinajstić information content (AvgIpc) is 3.20. The fourth-order valence-corrected chi connectivity index (χ4v) is 5.46. The van der Waals surface area contributed by atoms with E-state index in [4.69, 9.17) is 21.1 Å². The number of thiazole rings is 1. The Morgan fingerprint density at radius 3 is 2.67 bits per heavy atom. The zero-order valence-corrected chi connectivity index (χ0v) is 23.1. The summed E-state index contributed by atoms with van der Waals surface area (Å²) in [5.41, 5.74) is 0.326. The molecule has 1 aliphatic rings. The summed E-state index contributed by atoms with van der Waals surface area (Å²) in [5, 5.41) is 23.2. The third kappa shape index (κ3) is 6.72. The number of hydrogen-bond acceptors (Lipinski definition) is 8. The predicted octanol–water partition coefficient (Wildman–Crippen LogP) is 5.10. The van der Waals surface area contributed by atoms with Gasteiger partial charge in [-0.05, 0) is 31.0 Å². The smallest absolute Gasteiger partial charge is 0.309 e. The molecule has 198 valence electrons. The van der Waals surface area contributed by atoms with Crippen molar-refractivity contribution in [2.75, 3.05) is 13.2 Å². The number of Topliss-reactive ketones (excluding diaryl/α,β-unsaturated/α-hetero) is 1. The van der Waals surface area contributed by atoms with Gasteiger partial charge in [0.15, 0.2) is 0 Å². The number of aromatic nitrogens is 1. The quantitative estimate of drug-likeness (QED) is 0.513. The van der Waals surface area contributed by atoms with Crippen LogP contribution in [0.25, 0.3) is 10.2 Å². The lowest BCUT2D eigenvalue weighted by Gasteiger charge is -2.35. The molecule has 1 aromatic heterocycles. The molecule has 3 rings (SSSR count). The molecular formula is C27H36ClNO6S. The highest BCUT2D eigenvalue weighted by Gasteiger charge is 2.43. The topological polar surface area (TPSA) is 106 Å². The minimum Gasteiger partial charge on any atom is -0.457 e. The summed E-state index contributed by atoms with van der Waals surface area (Å²) < 4.78 is 12.6. The van der Waals surface area contributed by atoms with E-state index in [1.807, 2.05) is 39.0 Å². The second-order valence-electron chi connectivity index (χ2n) is 10.1. The molecule has 1 aromatic carbocycles. The first-order chi connectivity index (χ1) is 16.9. The molecule has 1 aliphatic heterocycles. The predicted molar refractivity (Wildman–Crippen MR) is 141 cm³/mol. The molecule has 0 amide bonds. The van der Waals surface area contributed by atoms with Gasteiger partial charge in [0.05, 0.1) is 52.5 Å². The molecule has 2 N–H and O–H groups in total. The molecular weight excluding hydrogens is 502 g/mol. The van der Waals surface area contributed by atoms with E-state index < -0.39 is 35.6 Å². The van der Waals surface area contributed by atoms with Gasteiger partial charge in [0.2, 0.25) is 0 Å². The highest BCUT2D eigenvalue weighted by atomic mass is 35.5. The Bertz CT molecular complexity index is 1110. The van der Waals surface area contributed by atoms with Gasteiger partial charge in [-0.25, -0.2) is 4.98 Å². The first-order valence-electron chi connectivity index (χ1n) is 12.3. The Hall–Kier alpha value is -1.84. The first-order valence-corrected chi connectivity index (χ1v) is 13.5. The molecule has 0 saturated carbocycles. The van der Waals surface area contributed by atoms with E-state index in [1.165, 1.54) is 0 Å². The number of rotatable bonds is 2. The van der Waals surface area contributed by atoms with Gasteiger partial charge in [-0.15, -0.1) is 11.3 Å². The van der Waals surface area contributed by atoms with Gasteiger partial charge in [-0.3, -0.25) is 9.59 Å². The van der Waals surface area contributed by atoms with Crippen LogP contribution in [0.2, 0.25) is 0 Å². The summed E-state index contributed by atoms with van der Waals surface area (Å²) in [4.78, 5) is 30.9. The molecule has 9 heteroatoms. The molecule has 2 heterocycles. The molecule has 0 bridgehead atoms. The molecule has 0 aliphatic carbocycles. The Morgan fingerprint density at radius 2 is 1.97 bits per heavy atom. The molecule has 0 unspecified atom stereocenters. The number of ketones is 1. The normalized spacial score (nSPS) is 30.6. The van der Waals surface area contributed by atoms with Gasteiger partial charge in [-0.1, -0.05) is 51.4 Å².